The molecular formula is C25H32FN3O6S. The summed E-state index contributed by atoms with van der Waals surface area (Å²) in [5.41, 5.74) is 13.5. The van der Waals surface area contributed by atoms with Crippen molar-refractivity contribution in [3.63, 3.8) is 0 Å². The zero-order chi connectivity index (χ0) is 27.0. The summed E-state index contributed by atoms with van der Waals surface area (Å²) in [7, 11) is -3.27. The Morgan fingerprint density at radius 2 is 1.72 bits per heavy atom. The van der Waals surface area contributed by atoms with Gasteiger partial charge in [-0.1, -0.05) is 18.6 Å². The van der Waals surface area contributed by atoms with E-state index in [1.165, 1.54) is 24.3 Å². The van der Waals surface area contributed by atoms with Crippen LogP contribution in [0.1, 0.15) is 36.1 Å². The number of unbranched alkanes of at least 4 members (excludes halogenated alkanes) is 1. The minimum atomic E-state index is -3.27. The van der Waals surface area contributed by atoms with Crippen LogP contribution in [0.3, 0.4) is 0 Å². The third-order valence-corrected chi connectivity index (χ3v) is 6.86. The lowest BCUT2D eigenvalue weighted by Crippen LogP contribution is -2.29. The molecule has 0 aliphatic carbocycles. The van der Waals surface area contributed by atoms with E-state index in [2.05, 4.69) is 0 Å². The average Bonchev–Trinajstić information content (AvgIpc) is 3.04. The van der Waals surface area contributed by atoms with Crippen molar-refractivity contribution in [3.05, 3.63) is 65.1 Å². The van der Waals surface area contributed by atoms with Gasteiger partial charge in [-0.25, -0.2) is 12.8 Å². The number of aromatic nitrogens is 1. The highest BCUT2D eigenvalue weighted by Crippen LogP contribution is 2.29. The lowest BCUT2D eigenvalue weighted by Gasteiger charge is -2.06. The topological polar surface area (TPSA) is 166 Å². The monoisotopic (exact) mass is 521 g/mol. The number of carbonyl (C=O) groups is 2. The molecule has 0 spiro atoms. The first-order valence-corrected chi connectivity index (χ1v) is 13.2. The van der Waals surface area contributed by atoms with Crippen molar-refractivity contribution >= 4 is 32.7 Å². The Hall–Kier alpha value is -3.28. The van der Waals surface area contributed by atoms with E-state index in [4.69, 9.17) is 21.7 Å². The molecule has 0 aliphatic rings. The van der Waals surface area contributed by atoms with Gasteiger partial charge in [-0.2, -0.15) is 0 Å². The number of aliphatic carboxylic acids is 2. The summed E-state index contributed by atoms with van der Waals surface area (Å²) < 4.78 is 38.5. The number of carboxylic acids is 2. The number of nitrogens with two attached hydrogens (primary N) is 2. The van der Waals surface area contributed by atoms with Crippen LogP contribution in [0.5, 0.6) is 0 Å². The Balaban J connectivity index is 0.000000388. The smallest absolute Gasteiger partial charge is 0.323 e. The van der Waals surface area contributed by atoms with Gasteiger partial charge >= 0.3 is 11.9 Å². The molecule has 0 amide bonds. The Morgan fingerprint density at radius 3 is 2.25 bits per heavy atom. The lowest BCUT2D eigenvalue weighted by molar-refractivity contribution is -0.139. The lowest BCUT2D eigenvalue weighted by atomic mass is 10.0. The van der Waals surface area contributed by atoms with Crippen LogP contribution in [0, 0.1) is 12.7 Å². The van der Waals surface area contributed by atoms with E-state index in [1.54, 1.807) is 29.7 Å². The molecule has 0 aliphatic heterocycles. The molecule has 196 valence electrons. The molecule has 1 heterocycles. The van der Waals surface area contributed by atoms with Gasteiger partial charge in [0.05, 0.1) is 4.90 Å². The van der Waals surface area contributed by atoms with Gasteiger partial charge in [0.2, 0.25) is 0 Å². The molecule has 1 unspecified atom stereocenters. The summed E-state index contributed by atoms with van der Waals surface area (Å²) in [6, 6.07) is 10.1. The molecule has 1 aromatic heterocycles. The molecular weight excluding hydrogens is 489 g/mol. The highest BCUT2D eigenvalue weighted by atomic mass is 32.2. The molecule has 0 bridgehead atoms. The molecule has 0 saturated heterocycles. The maximum absolute atomic E-state index is 13.8. The normalized spacial score (nSPS) is 12.1. The zero-order valence-electron chi connectivity index (χ0n) is 20.3. The third kappa shape index (κ3) is 7.87. The van der Waals surface area contributed by atoms with Gasteiger partial charge in [0.25, 0.3) is 0 Å². The van der Waals surface area contributed by atoms with Crippen molar-refractivity contribution in [2.75, 3.05) is 12.8 Å². The zero-order valence-corrected chi connectivity index (χ0v) is 21.1. The Morgan fingerprint density at radius 1 is 1.08 bits per heavy atom. The first-order valence-electron chi connectivity index (χ1n) is 11.3. The summed E-state index contributed by atoms with van der Waals surface area (Å²) in [6.07, 6.45) is 3.76. The second-order valence-electron chi connectivity index (χ2n) is 8.53. The second kappa shape index (κ2) is 12.6. The fourth-order valence-corrected chi connectivity index (χ4v) is 4.41. The van der Waals surface area contributed by atoms with Crippen LogP contribution in [0.25, 0.3) is 10.9 Å². The van der Waals surface area contributed by atoms with Crippen molar-refractivity contribution in [2.45, 2.75) is 50.1 Å². The first kappa shape index (κ1) is 29.0. The van der Waals surface area contributed by atoms with Crippen molar-refractivity contribution < 1.29 is 32.6 Å². The van der Waals surface area contributed by atoms with Gasteiger partial charge in [0.1, 0.15) is 18.4 Å². The van der Waals surface area contributed by atoms with E-state index < -0.39 is 33.6 Å². The molecule has 36 heavy (non-hydrogen) atoms. The summed E-state index contributed by atoms with van der Waals surface area (Å²) in [4.78, 5) is 21.5. The Labute approximate surface area is 209 Å². The quantitative estimate of drug-likeness (QED) is 0.296. The van der Waals surface area contributed by atoms with Crippen LogP contribution < -0.4 is 11.5 Å². The van der Waals surface area contributed by atoms with Gasteiger partial charge in [-0.15, -0.1) is 0 Å². The molecule has 9 nitrogen and oxygen atoms in total. The second-order valence-corrected chi connectivity index (χ2v) is 10.5. The minimum absolute atomic E-state index is 0.207. The predicted octanol–water partition coefficient (Wildman–Crippen LogP) is 2.70. The molecule has 6 N–H and O–H groups in total. The summed E-state index contributed by atoms with van der Waals surface area (Å²) in [6.45, 7) is 2.20. The number of carboxylic acid groups (broad SMARTS) is 2. The first-order chi connectivity index (χ1) is 16.8. The van der Waals surface area contributed by atoms with E-state index in [9.17, 15) is 22.4 Å². The van der Waals surface area contributed by atoms with Crippen LogP contribution >= 0.6 is 0 Å². The number of fused-ring (bicyclic) bond motifs is 1. The number of hydrogen-bond donors (Lipinski definition) is 4. The van der Waals surface area contributed by atoms with Crippen LogP contribution in [-0.2, 0) is 32.4 Å². The molecule has 0 saturated carbocycles. The largest absolute Gasteiger partial charge is 0.480 e. The van der Waals surface area contributed by atoms with E-state index in [-0.39, 0.29) is 11.4 Å². The van der Waals surface area contributed by atoms with Gasteiger partial charge < -0.3 is 26.2 Å². The van der Waals surface area contributed by atoms with Crippen LogP contribution in [0.4, 0.5) is 4.39 Å². The fourth-order valence-electron chi connectivity index (χ4n) is 3.78. The molecule has 0 radical (unpaired) electrons. The highest BCUT2D eigenvalue weighted by molar-refractivity contribution is 7.90. The molecule has 11 heteroatoms. The van der Waals surface area contributed by atoms with Crippen LogP contribution in [-0.4, -0.2) is 54.0 Å². The molecule has 2 aromatic carbocycles. The highest BCUT2D eigenvalue weighted by Gasteiger charge is 2.17. The molecule has 1 atom stereocenters. The Kier molecular flexibility index (Phi) is 10.1. The molecule has 0 fully saturated rings. The third-order valence-electron chi connectivity index (χ3n) is 5.73. The predicted molar refractivity (Wildman–Crippen MR) is 135 cm³/mol. The standard InChI is InChI=1S/C19H18FNO4S.C6H14N2O2/c1-12-16(9-13-3-6-15(7-4-13)26(2,24)25)17-10-14(20)5-8-18(17)21(12)11-19(22)23;7-4-2-1-3-5(8)6(9)10/h3-8,10H,9,11H2,1-2H3,(H,22,23);5H,1-4,7-8H2,(H,9,10). The van der Waals surface area contributed by atoms with Crippen molar-refractivity contribution in [3.8, 4) is 0 Å². The van der Waals surface area contributed by atoms with Crippen LogP contribution in [0.15, 0.2) is 47.4 Å². The number of rotatable bonds is 10. The van der Waals surface area contributed by atoms with Gasteiger partial charge in [-0.05, 0) is 74.2 Å². The number of halogens is 1. The fraction of sp³-hybridized carbons (Fsp3) is 0.360. The minimum Gasteiger partial charge on any atom is -0.480 e. The SMILES string of the molecule is Cc1c(Cc2ccc(S(C)(=O)=O)cc2)c2cc(F)ccc2n1CC(=O)O.NCCCCC(N)C(=O)O. The van der Waals surface area contributed by atoms with Crippen LogP contribution in [0.2, 0.25) is 0 Å². The van der Waals surface area contributed by atoms with E-state index in [0.29, 0.717) is 30.3 Å². The van der Waals surface area contributed by atoms with E-state index in [1.807, 2.05) is 0 Å². The average molecular weight is 522 g/mol. The van der Waals surface area contributed by atoms with Gasteiger partial charge in [0, 0.05) is 22.9 Å². The summed E-state index contributed by atoms with van der Waals surface area (Å²) in [5.74, 6) is -2.30. The van der Waals surface area contributed by atoms with Gasteiger partial charge in [-0.3, -0.25) is 9.59 Å². The number of sulfone groups is 1. The number of nitrogens with zero attached hydrogens (tertiary/aromatic N) is 1. The van der Waals surface area contributed by atoms with Crippen molar-refractivity contribution in [1.82, 2.24) is 4.57 Å². The van der Waals surface area contributed by atoms with E-state index in [0.717, 1.165) is 35.9 Å². The molecule has 3 aromatic rings. The Bertz CT molecular complexity index is 1320. The number of hydrogen-bond acceptors (Lipinski definition) is 6. The van der Waals surface area contributed by atoms with E-state index >= 15 is 0 Å². The summed E-state index contributed by atoms with van der Waals surface area (Å²) in [5, 5.41) is 18.1. The number of benzene rings is 2. The maximum Gasteiger partial charge on any atom is 0.323 e. The molecule has 3 rings (SSSR count). The van der Waals surface area contributed by atoms with Crippen molar-refractivity contribution in [2.24, 2.45) is 11.5 Å². The van der Waals surface area contributed by atoms with Crippen molar-refractivity contribution in [1.29, 1.82) is 0 Å². The summed E-state index contributed by atoms with van der Waals surface area (Å²) >= 11 is 0. The maximum atomic E-state index is 13.8. The van der Waals surface area contributed by atoms with Gasteiger partial charge in [0.15, 0.2) is 9.84 Å².